The molecule has 21 heavy (non-hydrogen) atoms. The highest BCUT2D eigenvalue weighted by Crippen LogP contribution is 2.28. The molecule has 6 nitrogen and oxygen atoms in total. The SMILES string of the molecule is CCOC(=O)c1cc(N)cnc1-n1ccc(C(F)(F)F)n1. The molecule has 9 heteroatoms. The van der Waals surface area contributed by atoms with Crippen LogP contribution in [0.5, 0.6) is 0 Å². The molecule has 0 saturated carbocycles. The van der Waals surface area contributed by atoms with Crippen molar-refractivity contribution in [1.82, 2.24) is 14.8 Å². The molecule has 0 aliphatic carbocycles. The predicted molar refractivity (Wildman–Crippen MR) is 66.7 cm³/mol. The quantitative estimate of drug-likeness (QED) is 0.877. The number of ether oxygens (including phenoxy) is 1. The summed E-state index contributed by atoms with van der Waals surface area (Å²) in [5, 5.41) is 3.37. The number of rotatable bonds is 3. The third-order valence-electron chi connectivity index (χ3n) is 2.48. The molecule has 0 bridgehead atoms. The topological polar surface area (TPSA) is 83.0 Å². The van der Waals surface area contributed by atoms with Crippen LogP contribution >= 0.6 is 0 Å². The number of halogens is 3. The van der Waals surface area contributed by atoms with Gasteiger partial charge in [-0.25, -0.2) is 14.5 Å². The maximum atomic E-state index is 12.6. The molecule has 0 aliphatic heterocycles. The molecule has 0 fully saturated rings. The van der Waals surface area contributed by atoms with Gasteiger partial charge in [0.25, 0.3) is 0 Å². The van der Waals surface area contributed by atoms with Crippen LogP contribution in [0.2, 0.25) is 0 Å². The minimum Gasteiger partial charge on any atom is -0.462 e. The first-order valence-corrected chi connectivity index (χ1v) is 5.88. The number of carbonyl (C=O) groups excluding carboxylic acids is 1. The van der Waals surface area contributed by atoms with Crippen molar-refractivity contribution in [2.75, 3.05) is 12.3 Å². The Morgan fingerprint density at radius 3 is 2.76 bits per heavy atom. The minimum atomic E-state index is -4.58. The van der Waals surface area contributed by atoms with Gasteiger partial charge in [-0.2, -0.15) is 18.3 Å². The molecule has 0 aromatic carbocycles. The fraction of sp³-hybridized carbons (Fsp3) is 0.250. The van der Waals surface area contributed by atoms with Crippen molar-refractivity contribution in [3.63, 3.8) is 0 Å². The van der Waals surface area contributed by atoms with E-state index in [0.29, 0.717) is 0 Å². The maximum Gasteiger partial charge on any atom is 0.435 e. The van der Waals surface area contributed by atoms with E-state index in [9.17, 15) is 18.0 Å². The minimum absolute atomic E-state index is 0.0614. The number of anilines is 1. The van der Waals surface area contributed by atoms with Gasteiger partial charge in [0.15, 0.2) is 11.5 Å². The lowest BCUT2D eigenvalue weighted by Gasteiger charge is -2.09. The number of hydrogen-bond acceptors (Lipinski definition) is 5. The summed E-state index contributed by atoms with van der Waals surface area (Å²) in [5.41, 5.74) is 4.57. The van der Waals surface area contributed by atoms with Gasteiger partial charge in [0.05, 0.1) is 18.5 Å². The standard InChI is InChI=1S/C12H11F3N4O2/c1-2-21-11(20)8-5-7(16)6-17-10(8)19-4-3-9(18-19)12(13,14)15/h3-6H,2,16H2,1H3. The Kier molecular flexibility index (Phi) is 3.83. The number of pyridine rings is 1. The van der Waals surface area contributed by atoms with Gasteiger partial charge in [0.2, 0.25) is 0 Å². The van der Waals surface area contributed by atoms with Gasteiger partial charge in [-0.1, -0.05) is 0 Å². The molecule has 2 aromatic heterocycles. The monoisotopic (exact) mass is 300 g/mol. The average molecular weight is 300 g/mol. The van der Waals surface area contributed by atoms with E-state index >= 15 is 0 Å². The van der Waals surface area contributed by atoms with Crippen molar-refractivity contribution >= 4 is 11.7 Å². The van der Waals surface area contributed by atoms with E-state index in [1.165, 1.54) is 12.3 Å². The summed E-state index contributed by atoms with van der Waals surface area (Å²) in [5.74, 6) is -0.825. The molecule has 0 unspecified atom stereocenters. The fourth-order valence-electron chi connectivity index (χ4n) is 1.61. The molecule has 0 amide bonds. The molecule has 0 spiro atoms. The number of aromatic nitrogens is 3. The lowest BCUT2D eigenvalue weighted by Crippen LogP contribution is -2.13. The zero-order valence-corrected chi connectivity index (χ0v) is 10.9. The normalized spacial score (nSPS) is 11.4. The third kappa shape index (κ3) is 3.12. The molecule has 0 atom stereocenters. The van der Waals surface area contributed by atoms with Crippen LogP contribution in [0.25, 0.3) is 5.82 Å². The Morgan fingerprint density at radius 1 is 1.48 bits per heavy atom. The molecule has 2 heterocycles. The van der Waals surface area contributed by atoms with E-state index in [0.717, 1.165) is 16.9 Å². The van der Waals surface area contributed by atoms with Crippen LogP contribution in [-0.4, -0.2) is 27.3 Å². The zero-order valence-electron chi connectivity index (χ0n) is 10.9. The Morgan fingerprint density at radius 2 is 2.19 bits per heavy atom. The second-order valence-electron chi connectivity index (χ2n) is 4.00. The number of nitrogens with two attached hydrogens (primary N) is 1. The first-order valence-electron chi connectivity index (χ1n) is 5.88. The summed E-state index contributed by atoms with van der Waals surface area (Å²) in [6, 6.07) is 2.06. The molecule has 0 radical (unpaired) electrons. The molecule has 112 valence electrons. The van der Waals surface area contributed by atoms with Gasteiger partial charge in [0, 0.05) is 6.20 Å². The van der Waals surface area contributed by atoms with E-state index in [2.05, 4.69) is 10.1 Å². The summed E-state index contributed by atoms with van der Waals surface area (Å²) >= 11 is 0. The molecule has 2 N–H and O–H groups in total. The Labute approximate surface area is 117 Å². The molecule has 0 aliphatic rings. The highest BCUT2D eigenvalue weighted by molar-refractivity contribution is 5.93. The number of esters is 1. The van der Waals surface area contributed by atoms with E-state index < -0.39 is 17.8 Å². The smallest absolute Gasteiger partial charge is 0.435 e. The number of nitrogen functional groups attached to an aromatic ring is 1. The Balaban J connectivity index is 2.48. The highest BCUT2D eigenvalue weighted by Gasteiger charge is 2.34. The van der Waals surface area contributed by atoms with Crippen molar-refractivity contribution in [1.29, 1.82) is 0 Å². The van der Waals surface area contributed by atoms with Crippen molar-refractivity contribution < 1.29 is 22.7 Å². The summed E-state index contributed by atoms with van der Waals surface area (Å²) in [4.78, 5) is 15.7. The second kappa shape index (κ2) is 5.43. The fourth-order valence-corrected chi connectivity index (χ4v) is 1.61. The van der Waals surface area contributed by atoms with Crippen molar-refractivity contribution in [3.05, 3.63) is 35.8 Å². The molecular weight excluding hydrogens is 289 g/mol. The van der Waals surface area contributed by atoms with E-state index in [4.69, 9.17) is 10.5 Å². The van der Waals surface area contributed by atoms with Crippen LogP contribution in [0.15, 0.2) is 24.5 Å². The summed E-state index contributed by atoms with van der Waals surface area (Å²) in [6.07, 6.45) is -2.31. The zero-order chi connectivity index (χ0) is 15.6. The van der Waals surface area contributed by atoms with E-state index in [1.54, 1.807) is 6.92 Å². The van der Waals surface area contributed by atoms with Crippen LogP contribution in [0.4, 0.5) is 18.9 Å². The van der Waals surface area contributed by atoms with Crippen molar-refractivity contribution in [2.45, 2.75) is 13.1 Å². The summed E-state index contributed by atoms with van der Waals surface area (Å²) < 4.78 is 43.3. The van der Waals surface area contributed by atoms with Gasteiger partial charge in [0.1, 0.15) is 5.56 Å². The first kappa shape index (κ1) is 14.8. The number of carbonyl (C=O) groups is 1. The van der Waals surface area contributed by atoms with Gasteiger partial charge in [-0.3, -0.25) is 0 Å². The first-order chi connectivity index (χ1) is 9.82. The lowest BCUT2D eigenvalue weighted by atomic mass is 10.2. The van der Waals surface area contributed by atoms with E-state index in [-0.39, 0.29) is 23.7 Å². The molecule has 0 saturated heterocycles. The van der Waals surface area contributed by atoms with E-state index in [1.807, 2.05) is 0 Å². The van der Waals surface area contributed by atoms with Gasteiger partial charge >= 0.3 is 12.1 Å². The van der Waals surface area contributed by atoms with Crippen LogP contribution in [-0.2, 0) is 10.9 Å². The van der Waals surface area contributed by atoms with Gasteiger partial charge in [-0.15, -0.1) is 0 Å². The number of alkyl halides is 3. The second-order valence-corrected chi connectivity index (χ2v) is 4.00. The largest absolute Gasteiger partial charge is 0.462 e. The number of nitrogens with zero attached hydrogens (tertiary/aromatic N) is 3. The highest BCUT2D eigenvalue weighted by atomic mass is 19.4. The summed E-state index contributed by atoms with van der Waals surface area (Å²) in [6.45, 7) is 1.72. The Bertz CT molecular complexity index is 667. The van der Waals surface area contributed by atoms with Gasteiger partial charge < -0.3 is 10.5 Å². The van der Waals surface area contributed by atoms with Crippen LogP contribution in [0.3, 0.4) is 0 Å². The van der Waals surface area contributed by atoms with Gasteiger partial charge in [-0.05, 0) is 19.1 Å². The van der Waals surface area contributed by atoms with Crippen LogP contribution in [0, 0.1) is 0 Å². The van der Waals surface area contributed by atoms with Crippen LogP contribution < -0.4 is 5.73 Å². The van der Waals surface area contributed by atoms with Crippen molar-refractivity contribution in [2.24, 2.45) is 0 Å². The molecule has 2 rings (SSSR count). The maximum absolute atomic E-state index is 12.6. The Hall–Kier alpha value is -2.58. The van der Waals surface area contributed by atoms with Crippen LogP contribution in [0.1, 0.15) is 23.0 Å². The molecule has 2 aromatic rings. The number of hydrogen-bond donors (Lipinski definition) is 1. The molecular formula is C12H11F3N4O2. The third-order valence-corrected chi connectivity index (χ3v) is 2.48. The van der Waals surface area contributed by atoms with Crippen molar-refractivity contribution in [3.8, 4) is 5.82 Å². The average Bonchev–Trinajstić information content (AvgIpc) is 2.88. The lowest BCUT2D eigenvalue weighted by molar-refractivity contribution is -0.141. The summed E-state index contributed by atoms with van der Waals surface area (Å²) in [7, 11) is 0. The predicted octanol–water partition coefficient (Wildman–Crippen LogP) is 2.04.